The number of hydrogen-bond acceptors (Lipinski definition) is 4. The smallest absolute Gasteiger partial charge is 0.237 e. The Morgan fingerprint density at radius 1 is 1.11 bits per heavy atom. The highest BCUT2D eigenvalue weighted by Crippen LogP contribution is 2.27. The number of hydrogen-bond donors (Lipinski definition) is 1. The molecule has 6 heteroatoms. The number of imidazole rings is 1. The van der Waals surface area contributed by atoms with Crippen molar-refractivity contribution in [2.24, 2.45) is 0 Å². The Morgan fingerprint density at radius 3 is 2.46 bits per heavy atom. The first-order valence-corrected chi connectivity index (χ1v) is 9.92. The van der Waals surface area contributed by atoms with Crippen LogP contribution < -0.4 is 5.32 Å². The number of nitrogens with one attached hydrogen (secondary N) is 1. The van der Waals surface area contributed by atoms with Crippen molar-refractivity contribution in [2.75, 3.05) is 5.32 Å². The number of ketones is 1. The van der Waals surface area contributed by atoms with Gasteiger partial charge in [0.1, 0.15) is 0 Å². The van der Waals surface area contributed by atoms with E-state index >= 15 is 0 Å². The summed E-state index contributed by atoms with van der Waals surface area (Å²) < 4.78 is 2.00. The number of anilines is 1. The Labute approximate surface area is 169 Å². The summed E-state index contributed by atoms with van der Waals surface area (Å²) in [5, 5.41) is 3.32. The third kappa shape index (κ3) is 4.51. The molecule has 0 aliphatic heterocycles. The number of aryl methyl sites for hydroxylation is 2. The SMILES string of the molecule is CC(=O)c1ccc(NC(=O)C(C)Sc2nccn2-c2ccc(C)cc2C)cc1. The third-order valence-electron chi connectivity index (χ3n) is 4.43. The van der Waals surface area contributed by atoms with E-state index in [1.807, 2.05) is 17.7 Å². The highest BCUT2D eigenvalue weighted by Gasteiger charge is 2.18. The van der Waals surface area contributed by atoms with Crippen LogP contribution in [0.4, 0.5) is 5.69 Å². The predicted octanol–water partition coefficient (Wildman–Crippen LogP) is 4.81. The number of thioether (sulfide) groups is 1. The van der Waals surface area contributed by atoms with Crippen LogP contribution in [-0.4, -0.2) is 26.5 Å². The van der Waals surface area contributed by atoms with Crippen molar-refractivity contribution < 1.29 is 9.59 Å². The molecule has 144 valence electrons. The van der Waals surface area contributed by atoms with E-state index in [1.54, 1.807) is 30.5 Å². The topological polar surface area (TPSA) is 64.0 Å². The van der Waals surface area contributed by atoms with Crippen molar-refractivity contribution >= 4 is 29.1 Å². The second-order valence-electron chi connectivity index (χ2n) is 6.75. The lowest BCUT2D eigenvalue weighted by Gasteiger charge is -2.15. The Morgan fingerprint density at radius 2 is 1.82 bits per heavy atom. The second kappa shape index (κ2) is 8.44. The van der Waals surface area contributed by atoms with Crippen LogP contribution in [0, 0.1) is 13.8 Å². The quantitative estimate of drug-likeness (QED) is 0.482. The molecule has 0 saturated heterocycles. The van der Waals surface area contributed by atoms with Gasteiger partial charge in [-0.2, -0.15) is 0 Å². The van der Waals surface area contributed by atoms with Crippen molar-refractivity contribution in [1.29, 1.82) is 0 Å². The minimum Gasteiger partial charge on any atom is -0.325 e. The predicted molar refractivity (Wildman–Crippen MR) is 113 cm³/mol. The summed E-state index contributed by atoms with van der Waals surface area (Å²) in [6.07, 6.45) is 3.65. The van der Waals surface area contributed by atoms with Gasteiger partial charge in [-0.1, -0.05) is 29.5 Å². The van der Waals surface area contributed by atoms with E-state index in [4.69, 9.17) is 0 Å². The molecular formula is C22H23N3O2S. The Bertz CT molecular complexity index is 1010. The van der Waals surface area contributed by atoms with E-state index in [0.717, 1.165) is 16.4 Å². The van der Waals surface area contributed by atoms with Gasteiger partial charge in [-0.05, 0) is 63.6 Å². The molecule has 0 radical (unpaired) electrons. The van der Waals surface area contributed by atoms with Crippen molar-refractivity contribution in [3.8, 4) is 5.69 Å². The lowest BCUT2D eigenvalue weighted by molar-refractivity contribution is -0.115. The average molecular weight is 394 g/mol. The minimum absolute atomic E-state index is 0.0000330. The van der Waals surface area contributed by atoms with Crippen LogP contribution in [0.25, 0.3) is 5.69 Å². The van der Waals surface area contributed by atoms with Crippen LogP contribution in [0.2, 0.25) is 0 Å². The lowest BCUT2D eigenvalue weighted by Crippen LogP contribution is -2.22. The molecule has 2 aromatic carbocycles. The molecule has 0 saturated carbocycles. The number of aromatic nitrogens is 2. The van der Waals surface area contributed by atoms with E-state index in [-0.39, 0.29) is 16.9 Å². The highest BCUT2D eigenvalue weighted by molar-refractivity contribution is 8.00. The maximum absolute atomic E-state index is 12.6. The van der Waals surface area contributed by atoms with Crippen LogP contribution in [0.1, 0.15) is 35.3 Å². The standard InChI is InChI=1S/C22H23N3O2S/c1-14-5-10-20(15(2)13-14)25-12-11-23-22(25)28-17(4)21(27)24-19-8-6-18(7-9-19)16(3)26/h5-13,17H,1-4H3,(H,24,27). The molecule has 3 aromatic rings. The van der Waals surface area contributed by atoms with Crippen LogP contribution >= 0.6 is 11.8 Å². The normalized spacial score (nSPS) is 11.9. The van der Waals surface area contributed by atoms with Gasteiger partial charge < -0.3 is 5.32 Å². The summed E-state index contributed by atoms with van der Waals surface area (Å²) in [5.74, 6) is -0.115. The fourth-order valence-electron chi connectivity index (χ4n) is 2.88. The third-order valence-corrected chi connectivity index (χ3v) is 5.51. The van der Waals surface area contributed by atoms with E-state index < -0.39 is 0 Å². The van der Waals surface area contributed by atoms with Gasteiger partial charge in [0, 0.05) is 23.6 Å². The van der Waals surface area contributed by atoms with E-state index in [9.17, 15) is 9.59 Å². The number of benzene rings is 2. The maximum atomic E-state index is 12.6. The molecule has 1 aromatic heterocycles. The van der Waals surface area contributed by atoms with E-state index in [1.165, 1.54) is 24.2 Å². The number of nitrogens with zero attached hydrogens (tertiary/aromatic N) is 2. The number of carbonyl (C=O) groups excluding carboxylic acids is 2. The van der Waals surface area contributed by atoms with Gasteiger partial charge in [0.15, 0.2) is 10.9 Å². The second-order valence-corrected chi connectivity index (χ2v) is 8.06. The molecule has 0 spiro atoms. The number of rotatable bonds is 6. The molecule has 0 bridgehead atoms. The fraction of sp³-hybridized carbons (Fsp3) is 0.227. The Kier molecular flexibility index (Phi) is 5.99. The highest BCUT2D eigenvalue weighted by atomic mass is 32.2. The first-order chi connectivity index (χ1) is 13.3. The Hall–Kier alpha value is -2.86. The Balaban J connectivity index is 1.71. The maximum Gasteiger partial charge on any atom is 0.237 e. The molecular weight excluding hydrogens is 370 g/mol. The van der Waals surface area contributed by atoms with Gasteiger partial charge in [-0.3, -0.25) is 14.2 Å². The lowest BCUT2D eigenvalue weighted by atomic mass is 10.1. The molecule has 0 fully saturated rings. The molecule has 0 aliphatic carbocycles. The largest absolute Gasteiger partial charge is 0.325 e. The van der Waals surface area contributed by atoms with Crippen LogP contribution in [0.15, 0.2) is 60.0 Å². The summed E-state index contributed by atoms with van der Waals surface area (Å²) in [6.45, 7) is 7.50. The fourth-order valence-corrected chi connectivity index (χ4v) is 3.76. The van der Waals surface area contributed by atoms with Gasteiger partial charge >= 0.3 is 0 Å². The zero-order valence-corrected chi connectivity index (χ0v) is 17.2. The van der Waals surface area contributed by atoms with Gasteiger partial charge in [0.25, 0.3) is 0 Å². The first kappa shape index (κ1) is 19.9. The minimum atomic E-state index is -0.334. The summed E-state index contributed by atoms with van der Waals surface area (Å²) in [6, 6.07) is 13.2. The summed E-state index contributed by atoms with van der Waals surface area (Å²) in [4.78, 5) is 28.4. The van der Waals surface area contributed by atoms with Crippen LogP contribution in [-0.2, 0) is 4.79 Å². The van der Waals surface area contributed by atoms with E-state index in [2.05, 4.69) is 42.3 Å². The number of carbonyl (C=O) groups is 2. The number of amides is 1. The molecule has 5 nitrogen and oxygen atoms in total. The van der Waals surface area contributed by atoms with Gasteiger partial charge in [0.05, 0.1) is 10.9 Å². The molecule has 0 aliphatic rings. The van der Waals surface area contributed by atoms with Crippen molar-refractivity contribution in [3.63, 3.8) is 0 Å². The molecule has 3 rings (SSSR count). The summed E-state index contributed by atoms with van der Waals surface area (Å²) in [5.41, 5.74) is 4.70. The number of Topliss-reactive ketones (excluding diaryl/α,β-unsaturated/α-hetero) is 1. The monoisotopic (exact) mass is 393 g/mol. The van der Waals surface area contributed by atoms with Gasteiger partial charge in [-0.25, -0.2) is 4.98 Å². The molecule has 1 N–H and O–H groups in total. The van der Waals surface area contributed by atoms with Gasteiger partial charge in [0.2, 0.25) is 5.91 Å². The van der Waals surface area contributed by atoms with Gasteiger partial charge in [-0.15, -0.1) is 0 Å². The van der Waals surface area contributed by atoms with Crippen LogP contribution in [0.5, 0.6) is 0 Å². The molecule has 1 amide bonds. The first-order valence-electron chi connectivity index (χ1n) is 9.04. The molecule has 1 atom stereocenters. The zero-order valence-electron chi connectivity index (χ0n) is 16.4. The van der Waals surface area contributed by atoms with Crippen LogP contribution in [0.3, 0.4) is 0 Å². The van der Waals surface area contributed by atoms with Crippen molar-refractivity contribution in [1.82, 2.24) is 9.55 Å². The zero-order chi connectivity index (χ0) is 20.3. The molecule has 1 unspecified atom stereocenters. The average Bonchev–Trinajstić information content (AvgIpc) is 3.10. The molecule has 1 heterocycles. The summed E-state index contributed by atoms with van der Waals surface area (Å²) in [7, 11) is 0. The van der Waals surface area contributed by atoms with Crippen molar-refractivity contribution in [3.05, 3.63) is 71.5 Å². The van der Waals surface area contributed by atoms with Crippen molar-refractivity contribution in [2.45, 2.75) is 38.1 Å². The summed E-state index contributed by atoms with van der Waals surface area (Å²) >= 11 is 1.41. The molecule has 28 heavy (non-hydrogen) atoms. The van der Waals surface area contributed by atoms with E-state index in [0.29, 0.717) is 11.3 Å².